The molecule has 30 heavy (non-hydrogen) atoms. The second-order valence-electron chi connectivity index (χ2n) is 7.68. The predicted octanol–water partition coefficient (Wildman–Crippen LogP) is 3.92. The van der Waals surface area contributed by atoms with Crippen molar-refractivity contribution in [2.75, 3.05) is 20.8 Å². The average molecular weight is 415 g/mol. The lowest BCUT2D eigenvalue weighted by atomic mass is 10.1. The molecule has 0 heterocycles. The number of nitrogens with one attached hydrogen (secondary N) is 1. The first kappa shape index (κ1) is 23.1. The Kier molecular flexibility index (Phi) is 7.69. The van der Waals surface area contributed by atoms with E-state index in [0.717, 1.165) is 5.56 Å². The molecule has 0 radical (unpaired) electrons. The Labute approximate surface area is 177 Å². The summed E-state index contributed by atoms with van der Waals surface area (Å²) in [5, 5.41) is 2.86. The molecule has 0 aliphatic heterocycles. The fourth-order valence-electron chi connectivity index (χ4n) is 2.78. The smallest absolute Gasteiger partial charge is 0.342 e. The molecule has 2 rings (SSSR count). The van der Waals surface area contributed by atoms with Crippen LogP contribution in [0.15, 0.2) is 42.5 Å². The molecule has 1 atom stereocenters. The minimum absolute atomic E-state index is 0.254. The maximum atomic E-state index is 12.4. The number of methoxy groups -OCH3 is 2. The van der Waals surface area contributed by atoms with Gasteiger partial charge < -0.3 is 24.3 Å². The van der Waals surface area contributed by atoms with E-state index in [4.69, 9.17) is 18.9 Å². The van der Waals surface area contributed by atoms with E-state index in [1.165, 1.54) is 0 Å². The number of carbonyl (C=O) groups excluding carboxylic acids is 2. The van der Waals surface area contributed by atoms with Gasteiger partial charge in [-0.3, -0.25) is 4.79 Å². The van der Waals surface area contributed by atoms with E-state index in [2.05, 4.69) is 5.32 Å². The average Bonchev–Trinajstić information content (AvgIpc) is 2.70. The minimum Gasteiger partial charge on any atom is -0.497 e. The zero-order valence-electron chi connectivity index (χ0n) is 18.3. The van der Waals surface area contributed by atoms with E-state index in [1.54, 1.807) is 71.4 Å². The zero-order chi connectivity index (χ0) is 22.3. The van der Waals surface area contributed by atoms with Gasteiger partial charge in [-0.15, -0.1) is 0 Å². The molecule has 0 bridgehead atoms. The Hall–Kier alpha value is -3.22. The van der Waals surface area contributed by atoms with E-state index in [9.17, 15) is 9.59 Å². The molecule has 2 aromatic rings. The number of hydrogen-bond donors (Lipinski definition) is 1. The van der Waals surface area contributed by atoms with Crippen molar-refractivity contribution in [1.29, 1.82) is 0 Å². The van der Waals surface area contributed by atoms with Crippen molar-refractivity contribution in [3.63, 3.8) is 0 Å². The Bertz CT molecular complexity index is 888. The first-order valence-electron chi connectivity index (χ1n) is 9.61. The molecule has 0 aliphatic carbocycles. The summed E-state index contributed by atoms with van der Waals surface area (Å²) < 4.78 is 21.6. The number of carbonyl (C=O) groups is 2. The summed E-state index contributed by atoms with van der Waals surface area (Å²) in [4.78, 5) is 24.8. The van der Waals surface area contributed by atoms with Gasteiger partial charge in [0.15, 0.2) is 6.61 Å². The van der Waals surface area contributed by atoms with Crippen LogP contribution in [-0.2, 0) is 9.53 Å². The van der Waals surface area contributed by atoms with Gasteiger partial charge in [-0.2, -0.15) is 0 Å². The number of para-hydroxylation sites is 1. The van der Waals surface area contributed by atoms with Crippen molar-refractivity contribution >= 4 is 11.9 Å². The second-order valence-corrected chi connectivity index (χ2v) is 7.68. The van der Waals surface area contributed by atoms with Crippen LogP contribution in [0.5, 0.6) is 17.2 Å². The number of benzene rings is 2. The van der Waals surface area contributed by atoms with Gasteiger partial charge >= 0.3 is 5.97 Å². The Balaban J connectivity index is 2.04. The van der Waals surface area contributed by atoms with Crippen LogP contribution in [-0.4, -0.2) is 38.3 Å². The maximum Gasteiger partial charge on any atom is 0.342 e. The first-order valence-corrected chi connectivity index (χ1v) is 9.61. The Morgan fingerprint density at radius 1 is 1.00 bits per heavy atom. The highest BCUT2D eigenvalue weighted by Gasteiger charge is 2.21. The summed E-state index contributed by atoms with van der Waals surface area (Å²) >= 11 is 0. The molecule has 0 aliphatic rings. The molecule has 0 aromatic heterocycles. The highest BCUT2D eigenvalue weighted by Crippen LogP contribution is 2.29. The lowest BCUT2D eigenvalue weighted by Gasteiger charge is -2.21. The second kappa shape index (κ2) is 10.0. The monoisotopic (exact) mass is 415 g/mol. The van der Waals surface area contributed by atoms with Crippen molar-refractivity contribution in [2.45, 2.75) is 39.3 Å². The summed E-state index contributed by atoms with van der Waals surface area (Å²) in [6, 6.07) is 11.7. The molecule has 0 spiro atoms. The van der Waals surface area contributed by atoms with Crippen molar-refractivity contribution in [2.24, 2.45) is 0 Å². The minimum atomic E-state index is -0.632. The first-order chi connectivity index (χ1) is 14.1. The van der Waals surface area contributed by atoms with E-state index in [-0.39, 0.29) is 29.9 Å². The lowest BCUT2D eigenvalue weighted by Crippen LogP contribution is -2.31. The highest BCUT2D eigenvalue weighted by atomic mass is 16.6. The molecule has 0 saturated heterocycles. The SMILES string of the molecule is COc1ccc(OC)c([C@H](C)NC(=O)COc2ccccc2C(=O)OC(C)(C)C)c1. The molecule has 0 fully saturated rings. The third kappa shape index (κ3) is 6.40. The van der Waals surface area contributed by atoms with Gasteiger partial charge in [0.2, 0.25) is 0 Å². The van der Waals surface area contributed by atoms with Gasteiger partial charge in [0.1, 0.15) is 28.4 Å². The van der Waals surface area contributed by atoms with Crippen molar-refractivity contribution in [3.8, 4) is 17.2 Å². The zero-order valence-corrected chi connectivity index (χ0v) is 18.3. The maximum absolute atomic E-state index is 12.4. The van der Waals surface area contributed by atoms with Gasteiger partial charge in [0.25, 0.3) is 5.91 Å². The lowest BCUT2D eigenvalue weighted by molar-refractivity contribution is -0.123. The largest absolute Gasteiger partial charge is 0.497 e. The number of hydrogen-bond acceptors (Lipinski definition) is 6. The van der Waals surface area contributed by atoms with E-state index in [0.29, 0.717) is 11.5 Å². The van der Waals surface area contributed by atoms with E-state index < -0.39 is 11.6 Å². The fourth-order valence-corrected chi connectivity index (χ4v) is 2.78. The summed E-state index contributed by atoms with van der Waals surface area (Å²) in [5.41, 5.74) is 0.411. The number of amides is 1. The van der Waals surface area contributed by atoms with Gasteiger partial charge in [0, 0.05) is 5.56 Å². The molecule has 1 N–H and O–H groups in total. The Morgan fingerprint density at radius 3 is 2.33 bits per heavy atom. The molecule has 1 amide bonds. The molecule has 7 heteroatoms. The molecular formula is C23H29NO6. The third-order valence-corrected chi connectivity index (χ3v) is 4.15. The van der Waals surface area contributed by atoms with Gasteiger partial charge in [-0.1, -0.05) is 12.1 Å². The summed E-state index contributed by atoms with van der Waals surface area (Å²) in [6.07, 6.45) is 0. The van der Waals surface area contributed by atoms with Gasteiger partial charge in [0.05, 0.1) is 20.3 Å². The van der Waals surface area contributed by atoms with Crippen LogP contribution in [0.2, 0.25) is 0 Å². The van der Waals surface area contributed by atoms with Crippen molar-refractivity contribution in [3.05, 3.63) is 53.6 Å². The van der Waals surface area contributed by atoms with Crippen LogP contribution in [0.4, 0.5) is 0 Å². The molecule has 162 valence electrons. The molecule has 0 unspecified atom stereocenters. The van der Waals surface area contributed by atoms with Crippen molar-refractivity contribution in [1.82, 2.24) is 5.32 Å². The number of rotatable bonds is 8. The van der Waals surface area contributed by atoms with E-state index >= 15 is 0 Å². The normalized spacial score (nSPS) is 11.9. The molecule has 0 saturated carbocycles. The molecule has 7 nitrogen and oxygen atoms in total. The number of ether oxygens (including phenoxy) is 4. The van der Waals surface area contributed by atoms with E-state index in [1.807, 2.05) is 13.0 Å². The highest BCUT2D eigenvalue weighted by molar-refractivity contribution is 5.93. The standard InChI is InChI=1S/C23H29NO6/c1-15(18-13-16(27-5)11-12-19(18)28-6)24-21(25)14-29-20-10-8-7-9-17(20)22(26)30-23(2,3)4/h7-13,15H,14H2,1-6H3,(H,24,25)/t15-/m0/s1. The quantitative estimate of drug-likeness (QED) is 0.658. The van der Waals surface area contributed by atoms with Gasteiger partial charge in [-0.05, 0) is 58.0 Å². The summed E-state index contributed by atoms with van der Waals surface area (Å²) in [7, 11) is 3.14. The topological polar surface area (TPSA) is 83.1 Å². The molecule has 2 aromatic carbocycles. The van der Waals surface area contributed by atoms with Crippen LogP contribution in [0.3, 0.4) is 0 Å². The third-order valence-electron chi connectivity index (χ3n) is 4.15. The predicted molar refractivity (Wildman–Crippen MR) is 113 cm³/mol. The summed E-state index contributed by atoms with van der Waals surface area (Å²) in [5.74, 6) is 0.738. The van der Waals surface area contributed by atoms with Crippen LogP contribution in [0.1, 0.15) is 49.7 Å². The molecular weight excluding hydrogens is 386 g/mol. The Morgan fingerprint density at radius 2 is 1.70 bits per heavy atom. The van der Waals surface area contributed by atoms with Crippen LogP contribution in [0.25, 0.3) is 0 Å². The fraction of sp³-hybridized carbons (Fsp3) is 0.391. The van der Waals surface area contributed by atoms with Crippen LogP contribution in [0, 0.1) is 0 Å². The summed E-state index contributed by atoms with van der Waals surface area (Å²) in [6.45, 7) is 6.95. The van der Waals surface area contributed by atoms with Crippen LogP contribution < -0.4 is 19.5 Å². The van der Waals surface area contributed by atoms with Gasteiger partial charge in [-0.25, -0.2) is 4.79 Å². The van der Waals surface area contributed by atoms with Crippen LogP contribution >= 0.6 is 0 Å². The number of esters is 1. The van der Waals surface area contributed by atoms with Crippen molar-refractivity contribution < 1.29 is 28.5 Å².